The molecule has 2 heterocycles. The summed E-state index contributed by atoms with van der Waals surface area (Å²) >= 11 is 2.80. The zero-order valence-corrected chi connectivity index (χ0v) is 15.4. The van der Waals surface area contributed by atoms with Crippen LogP contribution in [0.1, 0.15) is 20.3 Å². The van der Waals surface area contributed by atoms with Gasteiger partial charge in [0, 0.05) is 12.2 Å². The lowest BCUT2D eigenvalue weighted by Crippen LogP contribution is -2.22. The van der Waals surface area contributed by atoms with E-state index in [0.29, 0.717) is 16.7 Å². The Morgan fingerprint density at radius 1 is 1.32 bits per heavy atom. The van der Waals surface area contributed by atoms with Crippen LogP contribution in [-0.4, -0.2) is 37.9 Å². The van der Waals surface area contributed by atoms with Crippen molar-refractivity contribution in [2.24, 2.45) is 0 Å². The van der Waals surface area contributed by atoms with E-state index in [4.69, 9.17) is 0 Å². The normalized spacial score (nSPS) is 12.2. The molecule has 10 heteroatoms. The number of nitrogens with one attached hydrogen (secondary N) is 4. The molecular formula is C15H18N6O2S2. The van der Waals surface area contributed by atoms with E-state index in [-0.39, 0.29) is 16.8 Å². The maximum atomic E-state index is 12.4. The number of benzene rings is 1. The molecule has 1 atom stereocenters. The molecular weight excluding hydrogens is 360 g/mol. The van der Waals surface area contributed by atoms with Gasteiger partial charge in [0.15, 0.2) is 4.34 Å². The van der Waals surface area contributed by atoms with Crippen LogP contribution in [0.5, 0.6) is 0 Å². The molecule has 0 saturated heterocycles. The summed E-state index contributed by atoms with van der Waals surface area (Å²) in [5.41, 5.74) is 1.71. The van der Waals surface area contributed by atoms with Crippen molar-refractivity contribution in [2.45, 2.75) is 29.9 Å². The van der Waals surface area contributed by atoms with E-state index in [2.05, 4.69) is 37.7 Å². The number of rotatable bonds is 7. The number of carbonyl (C=O) groups is 1. The van der Waals surface area contributed by atoms with E-state index in [1.54, 1.807) is 18.2 Å². The Hall–Kier alpha value is -2.33. The number of carbonyl (C=O) groups excluding carboxylic acids is 1. The number of imidazole rings is 1. The predicted octanol–water partition coefficient (Wildman–Crippen LogP) is 2.65. The van der Waals surface area contributed by atoms with Gasteiger partial charge >= 0.3 is 5.69 Å². The number of aromatic amines is 2. The lowest BCUT2D eigenvalue weighted by molar-refractivity contribution is -0.115. The van der Waals surface area contributed by atoms with Crippen molar-refractivity contribution in [3.05, 3.63) is 28.7 Å². The maximum absolute atomic E-state index is 12.4. The molecule has 25 heavy (non-hydrogen) atoms. The van der Waals surface area contributed by atoms with Gasteiger partial charge in [0.25, 0.3) is 0 Å². The topological polar surface area (TPSA) is 116 Å². The van der Waals surface area contributed by atoms with Gasteiger partial charge in [0.05, 0.1) is 16.3 Å². The SMILES string of the molecule is CCCNc1nnc(S[C@H](C)C(=O)Nc2ccc3[nH]c(=O)[nH]c3c2)s1. The number of H-pyrrole nitrogens is 2. The van der Waals surface area contributed by atoms with Crippen LogP contribution in [-0.2, 0) is 4.79 Å². The van der Waals surface area contributed by atoms with Crippen molar-refractivity contribution in [2.75, 3.05) is 17.2 Å². The third kappa shape index (κ3) is 4.40. The molecule has 0 spiro atoms. The van der Waals surface area contributed by atoms with E-state index in [9.17, 15) is 9.59 Å². The van der Waals surface area contributed by atoms with Crippen LogP contribution in [0.15, 0.2) is 27.3 Å². The summed E-state index contributed by atoms with van der Waals surface area (Å²) in [6.45, 7) is 4.74. The standard InChI is InChI=1S/C15H18N6O2S2/c1-3-6-16-14-20-21-15(25-14)24-8(2)12(22)17-9-4-5-10-11(7-9)19-13(23)18-10/h4-5,7-8H,3,6H2,1-2H3,(H,16,20)(H,17,22)(H2,18,19,23)/t8-/m1/s1. The number of hydrogen-bond acceptors (Lipinski definition) is 7. The van der Waals surface area contributed by atoms with Crippen LogP contribution in [0.4, 0.5) is 10.8 Å². The first-order valence-electron chi connectivity index (χ1n) is 7.82. The van der Waals surface area contributed by atoms with Crippen molar-refractivity contribution in [3.63, 3.8) is 0 Å². The summed E-state index contributed by atoms with van der Waals surface area (Å²) < 4.78 is 0.742. The highest BCUT2D eigenvalue weighted by Crippen LogP contribution is 2.29. The fourth-order valence-corrected chi connectivity index (χ4v) is 4.04. The molecule has 3 aromatic rings. The molecule has 0 unspecified atom stereocenters. The Bertz CT molecular complexity index is 931. The van der Waals surface area contributed by atoms with E-state index >= 15 is 0 Å². The predicted molar refractivity (Wildman–Crippen MR) is 102 cm³/mol. The minimum atomic E-state index is -0.326. The van der Waals surface area contributed by atoms with E-state index in [0.717, 1.165) is 22.4 Å². The lowest BCUT2D eigenvalue weighted by atomic mass is 10.2. The molecule has 1 aromatic carbocycles. The molecule has 1 amide bonds. The second-order valence-electron chi connectivity index (χ2n) is 5.39. The molecule has 0 fully saturated rings. The smallest absolute Gasteiger partial charge is 0.323 e. The highest BCUT2D eigenvalue weighted by Gasteiger charge is 2.17. The van der Waals surface area contributed by atoms with Gasteiger partial charge in [-0.3, -0.25) is 4.79 Å². The molecule has 8 nitrogen and oxygen atoms in total. The summed E-state index contributed by atoms with van der Waals surface area (Å²) in [6, 6.07) is 5.22. The van der Waals surface area contributed by atoms with Crippen LogP contribution >= 0.6 is 23.1 Å². The Morgan fingerprint density at radius 3 is 2.92 bits per heavy atom. The third-order valence-corrected chi connectivity index (χ3v) is 5.43. The van der Waals surface area contributed by atoms with Gasteiger partial charge < -0.3 is 20.6 Å². The first-order chi connectivity index (χ1) is 12.0. The van der Waals surface area contributed by atoms with Gasteiger partial charge in [-0.25, -0.2) is 4.79 Å². The summed E-state index contributed by atoms with van der Waals surface area (Å²) in [4.78, 5) is 29.0. The second-order valence-corrected chi connectivity index (χ2v) is 7.95. The van der Waals surface area contributed by atoms with Crippen molar-refractivity contribution < 1.29 is 4.79 Å². The molecule has 3 rings (SSSR count). The zero-order chi connectivity index (χ0) is 17.8. The maximum Gasteiger partial charge on any atom is 0.323 e. The van der Waals surface area contributed by atoms with Crippen LogP contribution < -0.4 is 16.3 Å². The van der Waals surface area contributed by atoms with Gasteiger partial charge in [-0.15, -0.1) is 10.2 Å². The van der Waals surface area contributed by atoms with Crippen molar-refractivity contribution >= 4 is 50.9 Å². The van der Waals surface area contributed by atoms with Crippen molar-refractivity contribution in [1.82, 2.24) is 20.2 Å². The highest BCUT2D eigenvalue weighted by molar-refractivity contribution is 8.02. The van der Waals surface area contributed by atoms with Gasteiger partial charge in [-0.1, -0.05) is 30.0 Å². The Labute approximate surface area is 151 Å². The first kappa shape index (κ1) is 17.5. The Kier molecular flexibility index (Phi) is 5.39. The number of nitrogens with zero attached hydrogens (tertiary/aromatic N) is 2. The minimum Gasteiger partial charge on any atom is -0.360 e. The fourth-order valence-electron chi connectivity index (χ4n) is 2.12. The number of anilines is 2. The molecule has 0 aliphatic heterocycles. The lowest BCUT2D eigenvalue weighted by Gasteiger charge is -2.10. The molecule has 4 N–H and O–H groups in total. The average molecular weight is 378 g/mol. The molecule has 0 radical (unpaired) electrons. The quantitative estimate of drug-likeness (QED) is 0.470. The number of aromatic nitrogens is 4. The zero-order valence-electron chi connectivity index (χ0n) is 13.8. The average Bonchev–Trinajstić information content (AvgIpc) is 3.17. The molecule has 2 aromatic heterocycles. The van der Waals surface area contributed by atoms with Crippen molar-refractivity contribution in [3.8, 4) is 0 Å². The number of hydrogen-bond donors (Lipinski definition) is 4. The van der Waals surface area contributed by atoms with Gasteiger partial charge in [0.1, 0.15) is 0 Å². The minimum absolute atomic E-state index is 0.138. The Balaban J connectivity index is 1.61. The number of fused-ring (bicyclic) bond motifs is 1. The van der Waals surface area contributed by atoms with Crippen LogP contribution in [0, 0.1) is 0 Å². The largest absolute Gasteiger partial charge is 0.360 e. The van der Waals surface area contributed by atoms with E-state index < -0.39 is 0 Å². The molecule has 0 aliphatic carbocycles. The fraction of sp³-hybridized carbons (Fsp3) is 0.333. The van der Waals surface area contributed by atoms with Gasteiger partial charge in [0.2, 0.25) is 11.0 Å². The summed E-state index contributed by atoms with van der Waals surface area (Å²) in [5, 5.41) is 14.6. The first-order valence-corrected chi connectivity index (χ1v) is 9.51. The molecule has 132 valence electrons. The van der Waals surface area contributed by atoms with Crippen LogP contribution in [0.25, 0.3) is 11.0 Å². The van der Waals surface area contributed by atoms with Crippen molar-refractivity contribution in [1.29, 1.82) is 0 Å². The molecule has 0 bridgehead atoms. The van der Waals surface area contributed by atoms with Crippen LogP contribution in [0.2, 0.25) is 0 Å². The molecule has 0 aliphatic rings. The second kappa shape index (κ2) is 7.70. The Morgan fingerprint density at radius 2 is 2.12 bits per heavy atom. The highest BCUT2D eigenvalue weighted by atomic mass is 32.2. The summed E-state index contributed by atoms with van der Waals surface area (Å²) in [7, 11) is 0. The number of amides is 1. The van der Waals surface area contributed by atoms with Gasteiger partial charge in [-0.05, 0) is 31.5 Å². The van der Waals surface area contributed by atoms with E-state index in [1.807, 2.05) is 6.92 Å². The van der Waals surface area contributed by atoms with Crippen LogP contribution in [0.3, 0.4) is 0 Å². The van der Waals surface area contributed by atoms with E-state index in [1.165, 1.54) is 23.1 Å². The monoisotopic (exact) mass is 378 g/mol. The summed E-state index contributed by atoms with van der Waals surface area (Å²) in [5.74, 6) is -0.138. The molecule has 0 saturated carbocycles. The van der Waals surface area contributed by atoms with Gasteiger partial charge in [-0.2, -0.15) is 0 Å². The third-order valence-electron chi connectivity index (χ3n) is 3.36. The summed E-state index contributed by atoms with van der Waals surface area (Å²) in [6.07, 6.45) is 1.01. The number of thioether (sulfide) groups is 1.